The molecule has 0 aliphatic heterocycles. The van der Waals surface area contributed by atoms with E-state index in [1.165, 1.54) is 16.9 Å². The van der Waals surface area contributed by atoms with Gasteiger partial charge in [0.05, 0.1) is 12.1 Å². The van der Waals surface area contributed by atoms with Gasteiger partial charge in [-0.1, -0.05) is 66.4 Å². The van der Waals surface area contributed by atoms with Crippen LogP contribution in [0.15, 0.2) is 83.9 Å². The zero-order chi connectivity index (χ0) is 22.2. The molecule has 2 aromatic heterocycles. The highest BCUT2D eigenvalue weighted by Crippen LogP contribution is 2.24. The Morgan fingerprint density at radius 1 is 1.09 bits per heavy atom. The minimum absolute atomic E-state index is 0.0685. The first-order valence-corrected chi connectivity index (χ1v) is 12.1. The maximum Gasteiger partial charge on any atom is 0.231 e. The Morgan fingerprint density at radius 2 is 1.84 bits per heavy atom. The number of thiazole rings is 1. The lowest BCUT2D eigenvalue weighted by Gasteiger charge is -2.07. The minimum atomic E-state index is -0.0685. The Hall–Kier alpha value is -3.23. The van der Waals surface area contributed by atoms with E-state index in [4.69, 9.17) is 0 Å². The number of benzene rings is 2. The van der Waals surface area contributed by atoms with Crippen LogP contribution in [-0.4, -0.2) is 25.7 Å². The van der Waals surface area contributed by atoms with Gasteiger partial charge < -0.3 is 9.88 Å². The van der Waals surface area contributed by atoms with Crippen LogP contribution in [0.3, 0.4) is 0 Å². The summed E-state index contributed by atoms with van der Waals surface area (Å²) in [5.41, 5.74) is 2.91. The second kappa shape index (κ2) is 10.9. The minimum Gasteiger partial charge on any atom is -0.326 e. The molecular weight excluding hydrogens is 438 g/mol. The molecule has 2 aromatic carbocycles. The van der Waals surface area contributed by atoms with Gasteiger partial charge in [-0.2, -0.15) is 0 Å². The number of hydrogen-bond donors (Lipinski definition) is 1. The van der Waals surface area contributed by atoms with Crippen molar-refractivity contribution in [2.24, 2.45) is 0 Å². The molecule has 0 radical (unpaired) electrons. The summed E-state index contributed by atoms with van der Waals surface area (Å²) in [6, 6.07) is 19.7. The van der Waals surface area contributed by atoms with Crippen molar-refractivity contribution in [2.45, 2.75) is 30.3 Å². The van der Waals surface area contributed by atoms with E-state index in [9.17, 15) is 4.79 Å². The number of rotatable bonds is 10. The van der Waals surface area contributed by atoms with E-state index in [2.05, 4.69) is 43.8 Å². The van der Waals surface area contributed by atoms with E-state index in [1.807, 2.05) is 60.0 Å². The molecule has 0 spiro atoms. The van der Waals surface area contributed by atoms with Crippen molar-refractivity contribution in [1.82, 2.24) is 19.7 Å². The summed E-state index contributed by atoms with van der Waals surface area (Å²) in [7, 11) is 0. The molecule has 0 saturated heterocycles. The number of aromatic nitrogens is 4. The predicted molar refractivity (Wildman–Crippen MR) is 130 cm³/mol. The molecule has 8 heteroatoms. The van der Waals surface area contributed by atoms with E-state index < -0.39 is 0 Å². The third-order valence-electron chi connectivity index (χ3n) is 4.63. The van der Waals surface area contributed by atoms with Crippen molar-refractivity contribution in [3.05, 3.63) is 101 Å². The Morgan fingerprint density at radius 3 is 2.59 bits per heavy atom. The van der Waals surface area contributed by atoms with Crippen LogP contribution in [0, 0.1) is 0 Å². The average Bonchev–Trinajstić information content (AvgIpc) is 3.41. The van der Waals surface area contributed by atoms with Crippen LogP contribution < -0.4 is 5.32 Å². The van der Waals surface area contributed by atoms with Crippen LogP contribution in [0.4, 0.5) is 5.69 Å². The molecule has 0 aliphatic carbocycles. The number of allylic oxidation sites excluding steroid dienone is 1. The summed E-state index contributed by atoms with van der Waals surface area (Å²) in [5, 5.41) is 15.3. The number of para-hydroxylation sites is 1. The molecule has 0 unspecified atom stereocenters. The van der Waals surface area contributed by atoms with Crippen molar-refractivity contribution in [2.75, 3.05) is 5.32 Å². The lowest BCUT2D eigenvalue weighted by molar-refractivity contribution is -0.115. The van der Waals surface area contributed by atoms with Crippen LogP contribution in [0.1, 0.15) is 22.1 Å². The van der Waals surface area contributed by atoms with Gasteiger partial charge in [0.25, 0.3) is 0 Å². The van der Waals surface area contributed by atoms with Crippen molar-refractivity contribution in [3.63, 3.8) is 0 Å². The van der Waals surface area contributed by atoms with E-state index in [0.717, 1.165) is 33.8 Å². The summed E-state index contributed by atoms with van der Waals surface area (Å²) in [5.74, 6) is 1.51. The third kappa shape index (κ3) is 5.93. The van der Waals surface area contributed by atoms with Crippen molar-refractivity contribution in [1.29, 1.82) is 0 Å². The highest BCUT2D eigenvalue weighted by atomic mass is 32.2. The molecule has 6 nitrogen and oxygen atoms in total. The maximum atomic E-state index is 12.3. The van der Waals surface area contributed by atoms with Gasteiger partial charge in [0.1, 0.15) is 10.8 Å². The number of thioether (sulfide) groups is 1. The Kier molecular flexibility index (Phi) is 7.47. The highest BCUT2D eigenvalue weighted by Gasteiger charge is 2.14. The number of hydrogen-bond acceptors (Lipinski definition) is 6. The second-order valence-corrected chi connectivity index (χ2v) is 8.96. The summed E-state index contributed by atoms with van der Waals surface area (Å²) >= 11 is 3.09. The first-order chi connectivity index (χ1) is 15.7. The smallest absolute Gasteiger partial charge is 0.231 e. The van der Waals surface area contributed by atoms with Gasteiger partial charge in [-0.15, -0.1) is 28.1 Å². The number of carbonyl (C=O) groups is 1. The first kappa shape index (κ1) is 22.0. The lowest BCUT2D eigenvalue weighted by Crippen LogP contribution is -2.14. The predicted octanol–water partition coefficient (Wildman–Crippen LogP) is 4.98. The molecule has 32 heavy (non-hydrogen) atoms. The van der Waals surface area contributed by atoms with Gasteiger partial charge in [0, 0.05) is 29.8 Å². The number of amides is 1. The largest absolute Gasteiger partial charge is 0.326 e. The first-order valence-electron chi connectivity index (χ1n) is 10.2. The third-order valence-corrected chi connectivity index (χ3v) is 6.53. The van der Waals surface area contributed by atoms with Crippen LogP contribution in [-0.2, 0) is 29.9 Å². The second-order valence-electron chi connectivity index (χ2n) is 7.07. The zero-order valence-electron chi connectivity index (χ0n) is 17.5. The fourth-order valence-electron chi connectivity index (χ4n) is 3.15. The Balaban J connectivity index is 1.36. The summed E-state index contributed by atoms with van der Waals surface area (Å²) in [6.07, 6.45) is 2.84. The number of carbonyl (C=O) groups excluding carboxylic acids is 1. The Bertz CT molecular complexity index is 1170. The molecule has 0 fully saturated rings. The lowest BCUT2D eigenvalue weighted by atomic mass is 10.1. The van der Waals surface area contributed by atoms with Gasteiger partial charge in [-0.25, -0.2) is 4.98 Å². The molecular formula is C24H23N5OS2. The summed E-state index contributed by atoms with van der Waals surface area (Å²) in [4.78, 5) is 16.9. The maximum absolute atomic E-state index is 12.3. The summed E-state index contributed by atoms with van der Waals surface area (Å²) < 4.78 is 2.09. The van der Waals surface area contributed by atoms with Crippen LogP contribution in [0.5, 0.6) is 0 Å². The number of anilines is 1. The van der Waals surface area contributed by atoms with Crippen molar-refractivity contribution < 1.29 is 4.79 Å². The SMILES string of the molecule is C=CCn1c(Cc2ccccc2)nnc1SCc1csc(CC(=O)Nc2ccccc2)n1. The van der Waals surface area contributed by atoms with Gasteiger partial charge in [-0.05, 0) is 17.7 Å². The normalized spacial score (nSPS) is 10.8. The van der Waals surface area contributed by atoms with Gasteiger partial charge in [0.2, 0.25) is 5.91 Å². The van der Waals surface area contributed by atoms with E-state index >= 15 is 0 Å². The molecule has 0 saturated carbocycles. The molecule has 0 aliphatic rings. The van der Waals surface area contributed by atoms with Gasteiger partial charge in [-0.3, -0.25) is 4.79 Å². The van der Waals surface area contributed by atoms with E-state index in [-0.39, 0.29) is 12.3 Å². The van der Waals surface area contributed by atoms with Crippen molar-refractivity contribution in [3.8, 4) is 0 Å². The molecule has 2 heterocycles. The molecule has 4 aromatic rings. The quantitative estimate of drug-likeness (QED) is 0.266. The van der Waals surface area contributed by atoms with E-state index in [1.54, 1.807) is 11.8 Å². The van der Waals surface area contributed by atoms with Crippen LogP contribution in [0.25, 0.3) is 0 Å². The van der Waals surface area contributed by atoms with Gasteiger partial charge in [0.15, 0.2) is 5.16 Å². The molecule has 0 atom stereocenters. The fraction of sp³-hybridized carbons (Fsp3) is 0.167. The molecule has 1 amide bonds. The number of nitrogens with one attached hydrogen (secondary N) is 1. The van der Waals surface area contributed by atoms with E-state index in [0.29, 0.717) is 12.3 Å². The van der Waals surface area contributed by atoms with Crippen LogP contribution >= 0.6 is 23.1 Å². The van der Waals surface area contributed by atoms with Crippen molar-refractivity contribution >= 4 is 34.7 Å². The topological polar surface area (TPSA) is 72.7 Å². The summed E-state index contributed by atoms with van der Waals surface area (Å²) in [6.45, 7) is 4.52. The average molecular weight is 462 g/mol. The molecule has 4 rings (SSSR count). The molecule has 0 bridgehead atoms. The molecule has 162 valence electrons. The Labute approximate surface area is 195 Å². The fourth-order valence-corrected chi connectivity index (χ4v) is 4.90. The monoisotopic (exact) mass is 461 g/mol. The standard InChI is InChI=1S/C24H23N5OS2/c1-2-13-29-21(14-18-9-5-3-6-10-18)27-28-24(29)32-17-20-16-31-23(26-20)15-22(30)25-19-11-7-4-8-12-19/h2-12,16H,1,13-15,17H2,(H,25,30). The highest BCUT2D eigenvalue weighted by molar-refractivity contribution is 7.98. The van der Waals surface area contributed by atoms with Crippen LogP contribution in [0.2, 0.25) is 0 Å². The number of nitrogens with zero attached hydrogens (tertiary/aromatic N) is 4. The van der Waals surface area contributed by atoms with Gasteiger partial charge >= 0.3 is 0 Å². The molecule has 1 N–H and O–H groups in total. The zero-order valence-corrected chi connectivity index (χ0v) is 19.1.